The van der Waals surface area contributed by atoms with Gasteiger partial charge in [0.2, 0.25) is 5.95 Å². The zero-order chi connectivity index (χ0) is 26.3. The second-order valence-corrected chi connectivity index (χ2v) is 8.55. The number of amides is 1. The molecule has 188 valence electrons. The molecule has 1 aliphatic rings. The van der Waals surface area contributed by atoms with Gasteiger partial charge in [-0.2, -0.15) is 0 Å². The Kier molecular flexibility index (Phi) is 6.12. The maximum Gasteiger partial charge on any atom is 0.302 e. The van der Waals surface area contributed by atoms with Crippen LogP contribution in [-0.4, -0.2) is 40.5 Å². The molecule has 8 nitrogen and oxygen atoms in total. The first-order chi connectivity index (χ1) is 17.8. The average molecular weight is 502 g/mol. The highest BCUT2D eigenvalue weighted by molar-refractivity contribution is 6.51. The second-order valence-electron chi connectivity index (χ2n) is 8.55. The van der Waals surface area contributed by atoms with E-state index in [1.54, 1.807) is 37.3 Å². The Balaban J connectivity index is 1.75. The zero-order valence-electron chi connectivity index (χ0n) is 20.4. The van der Waals surface area contributed by atoms with E-state index in [9.17, 15) is 19.1 Å². The topological polar surface area (TPSA) is 105 Å². The number of hydrogen-bond acceptors (Lipinski definition) is 6. The quantitative estimate of drug-likeness (QED) is 0.218. The molecule has 1 saturated heterocycles. The SMILES string of the molecule is CCOc1cc(C2/C(=C(\O)c3ccc(F)c(C)c3)C(=O)C(=O)N2c2nc3ccccc3[nH]2)ccc1OC. The van der Waals surface area contributed by atoms with Gasteiger partial charge in [0.15, 0.2) is 11.5 Å². The first-order valence-electron chi connectivity index (χ1n) is 11.7. The van der Waals surface area contributed by atoms with Crippen molar-refractivity contribution in [2.24, 2.45) is 0 Å². The lowest BCUT2D eigenvalue weighted by Gasteiger charge is -2.24. The molecule has 1 amide bonds. The Morgan fingerprint density at radius 3 is 2.59 bits per heavy atom. The van der Waals surface area contributed by atoms with Crippen LogP contribution in [0.1, 0.15) is 29.7 Å². The number of benzene rings is 3. The number of ketones is 1. The van der Waals surface area contributed by atoms with Crippen LogP contribution in [0.3, 0.4) is 0 Å². The summed E-state index contributed by atoms with van der Waals surface area (Å²) in [5, 5.41) is 11.3. The Labute approximate surface area is 212 Å². The molecule has 0 bridgehead atoms. The molecular weight excluding hydrogens is 477 g/mol. The molecule has 0 aliphatic carbocycles. The van der Waals surface area contributed by atoms with Crippen LogP contribution in [0.4, 0.5) is 10.3 Å². The van der Waals surface area contributed by atoms with Crippen molar-refractivity contribution in [1.82, 2.24) is 9.97 Å². The summed E-state index contributed by atoms with van der Waals surface area (Å²) in [6.07, 6.45) is 0. The minimum Gasteiger partial charge on any atom is -0.507 e. The van der Waals surface area contributed by atoms with Crippen molar-refractivity contribution in [2.75, 3.05) is 18.6 Å². The average Bonchev–Trinajstić information content (AvgIpc) is 3.43. The largest absolute Gasteiger partial charge is 0.507 e. The van der Waals surface area contributed by atoms with Gasteiger partial charge in [0.05, 0.1) is 36.4 Å². The number of ether oxygens (including phenoxy) is 2. The molecule has 1 fully saturated rings. The highest BCUT2D eigenvalue weighted by Gasteiger charge is 2.48. The van der Waals surface area contributed by atoms with Crippen molar-refractivity contribution < 1.29 is 28.6 Å². The summed E-state index contributed by atoms with van der Waals surface area (Å²) in [6, 6.07) is 15.2. The van der Waals surface area contributed by atoms with Crippen LogP contribution in [0.25, 0.3) is 16.8 Å². The van der Waals surface area contributed by atoms with Gasteiger partial charge in [-0.1, -0.05) is 18.2 Å². The molecule has 0 radical (unpaired) electrons. The number of para-hydroxylation sites is 2. The van der Waals surface area contributed by atoms with Gasteiger partial charge >= 0.3 is 5.91 Å². The van der Waals surface area contributed by atoms with Gasteiger partial charge in [0, 0.05) is 5.56 Å². The van der Waals surface area contributed by atoms with E-state index in [0.717, 1.165) is 0 Å². The van der Waals surface area contributed by atoms with Crippen LogP contribution in [0.5, 0.6) is 11.5 Å². The van der Waals surface area contributed by atoms with Crippen molar-refractivity contribution in [3.05, 3.63) is 88.7 Å². The van der Waals surface area contributed by atoms with E-state index in [1.807, 2.05) is 19.1 Å². The van der Waals surface area contributed by atoms with Crippen LogP contribution in [0, 0.1) is 12.7 Å². The van der Waals surface area contributed by atoms with Gasteiger partial charge in [-0.05, 0) is 67.4 Å². The van der Waals surface area contributed by atoms with Crippen molar-refractivity contribution in [2.45, 2.75) is 19.9 Å². The summed E-state index contributed by atoms with van der Waals surface area (Å²) in [5.41, 5.74) is 2.13. The summed E-state index contributed by atoms with van der Waals surface area (Å²) >= 11 is 0. The Morgan fingerprint density at radius 1 is 1.11 bits per heavy atom. The zero-order valence-corrected chi connectivity index (χ0v) is 20.4. The smallest absolute Gasteiger partial charge is 0.302 e. The van der Waals surface area contributed by atoms with Crippen molar-refractivity contribution in [3.8, 4) is 11.5 Å². The standard InChI is InChI=1S/C28H24FN3O5/c1-4-37-22-14-16(10-12-21(22)36-3)24-23(25(33)17-9-11-18(29)15(2)13-17)26(34)27(35)32(24)28-30-19-7-5-6-8-20(19)31-28/h5-14,24,33H,4H2,1-3H3,(H,30,31)/b25-23+. The lowest BCUT2D eigenvalue weighted by Crippen LogP contribution is -2.30. The predicted octanol–water partition coefficient (Wildman–Crippen LogP) is 5.04. The number of anilines is 1. The van der Waals surface area contributed by atoms with Gasteiger partial charge in [-0.25, -0.2) is 9.37 Å². The number of nitrogens with one attached hydrogen (secondary N) is 1. The lowest BCUT2D eigenvalue weighted by molar-refractivity contribution is -0.132. The van der Waals surface area contributed by atoms with Crippen LogP contribution in [-0.2, 0) is 9.59 Å². The molecule has 9 heteroatoms. The fourth-order valence-electron chi connectivity index (χ4n) is 4.50. The number of fused-ring (bicyclic) bond motifs is 1. The van der Waals surface area contributed by atoms with E-state index in [0.29, 0.717) is 34.7 Å². The van der Waals surface area contributed by atoms with Gasteiger partial charge in [0.25, 0.3) is 5.78 Å². The summed E-state index contributed by atoms with van der Waals surface area (Å²) in [6.45, 7) is 3.73. The number of aliphatic hydroxyl groups excluding tert-OH is 1. The summed E-state index contributed by atoms with van der Waals surface area (Å²) < 4.78 is 25.0. The van der Waals surface area contributed by atoms with Crippen molar-refractivity contribution >= 4 is 34.4 Å². The van der Waals surface area contributed by atoms with Gasteiger partial charge in [0.1, 0.15) is 11.6 Å². The van der Waals surface area contributed by atoms with E-state index in [2.05, 4.69) is 9.97 Å². The molecule has 2 N–H and O–H groups in total. The van der Waals surface area contributed by atoms with E-state index in [1.165, 1.54) is 30.2 Å². The van der Waals surface area contributed by atoms with E-state index >= 15 is 0 Å². The maximum absolute atomic E-state index is 13.9. The number of H-pyrrole nitrogens is 1. The number of aromatic amines is 1. The van der Waals surface area contributed by atoms with Crippen LogP contribution in [0.2, 0.25) is 0 Å². The molecule has 3 aromatic carbocycles. The number of aryl methyl sites for hydroxylation is 1. The van der Waals surface area contributed by atoms with Gasteiger partial charge in [-0.15, -0.1) is 0 Å². The Bertz CT molecular complexity index is 1540. The number of nitrogens with zero attached hydrogens (tertiary/aromatic N) is 2. The van der Waals surface area contributed by atoms with Crippen LogP contribution in [0.15, 0.2) is 66.2 Å². The summed E-state index contributed by atoms with van der Waals surface area (Å²) in [5.74, 6) is -1.59. The number of aliphatic hydroxyl groups is 1. The Morgan fingerprint density at radius 2 is 1.89 bits per heavy atom. The molecule has 1 aromatic heterocycles. The molecule has 5 rings (SSSR count). The third-order valence-corrected chi connectivity index (χ3v) is 6.28. The molecule has 1 unspecified atom stereocenters. The molecular formula is C28H24FN3O5. The number of imidazole rings is 1. The van der Waals surface area contributed by atoms with Crippen molar-refractivity contribution in [1.29, 1.82) is 0 Å². The van der Waals surface area contributed by atoms with Gasteiger partial charge < -0.3 is 19.6 Å². The maximum atomic E-state index is 13.9. The minimum atomic E-state index is -1.05. The van der Waals surface area contributed by atoms with Crippen LogP contribution < -0.4 is 14.4 Å². The number of aromatic nitrogens is 2. The fourth-order valence-corrected chi connectivity index (χ4v) is 4.50. The molecule has 1 atom stereocenters. The number of halogens is 1. The third kappa shape index (κ3) is 4.08. The minimum absolute atomic E-state index is 0.149. The number of carbonyl (C=O) groups excluding carboxylic acids is 2. The lowest BCUT2D eigenvalue weighted by atomic mass is 9.94. The number of carbonyl (C=O) groups is 2. The molecule has 37 heavy (non-hydrogen) atoms. The highest BCUT2D eigenvalue weighted by atomic mass is 19.1. The first kappa shape index (κ1) is 24.1. The normalized spacial score (nSPS) is 17.0. The third-order valence-electron chi connectivity index (χ3n) is 6.28. The molecule has 2 heterocycles. The monoisotopic (exact) mass is 501 g/mol. The predicted molar refractivity (Wildman–Crippen MR) is 136 cm³/mol. The molecule has 1 aliphatic heterocycles. The van der Waals surface area contributed by atoms with E-state index in [-0.39, 0.29) is 22.6 Å². The summed E-state index contributed by atoms with van der Waals surface area (Å²) in [7, 11) is 1.51. The fraction of sp³-hybridized carbons (Fsp3) is 0.179. The first-order valence-corrected chi connectivity index (χ1v) is 11.7. The van der Waals surface area contributed by atoms with Gasteiger partial charge in [-0.3, -0.25) is 14.5 Å². The second kappa shape index (κ2) is 9.42. The highest BCUT2D eigenvalue weighted by Crippen LogP contribution is 2.43. The van der Waals surface area contributed by atoms with Crippen molar-refractivity contribution in [3.63, 3.8) is 0 Å². The number of rotatable bonds is 6. The van der Waals surface area contributed by atoms with E-state index in [4.69, 9.17) is 9.47 Å². The molecule has 4 aromatic rings. The number of Topliss-reactive ketones (excluding diaryl/α,β-unsaturated/α-hetero) is 1. The van der Waals surface area contributed by atoms with E-state index < -0.39 is 29.3 Å². The molecule has 0 saturated carbocycles. The summed E-state index contributed by atoms with van der Waals surface area (Å²) in [4.78, 5) is 35.7. The molecule has 0 spiro atoms. The van der Waals surface area contributed by atoms with Crippen LogP contribution >= 0.6 is 0 Å². The number of hydrogen-bond donors (Lipinski definition) is 2. The number of methoxy groups -OCH3 is 1. The Hall–Kier alpha value is -4.66.